The van der Waals surface area contributed by atoms with Crippen molar-refractivity contribution in [1.82, 2.24) is 0 Å². The molecule has 138 valence electrons. The van der Waals surface area contributed by atoms with Gasteiger partial charge in [0.15, 0.2) is 0 Å². The van der Waals surface area contributed by atoms with Crippen LogP contribution in [0.4, 0.5) is 11.4 Å². The predicted octanol–water partition coefficient (Wildman–Crippen LogP) is 2.63. The van der Waals surface area contributed by atoms with E-state index in [4.69, 9.17) is 9.47 Å². The molecule has 0 saturated carbocycles. The summed E-state index contributed by atoms with van der Waals surface area (Å²) < 4.78 is 38.1. The Hall–Kier alpha value is -2.74. The first-order valence-corrected chi connectivity index (χ1v) is 9.57. The summed E-state index contributed by atoms with van der Waals surface area (Å²) in [5, 5.41) is 0. The molecule has 2 aromatic rings. The topological polar surface area (TPSA) is 84.9 Å². The second-order valence-corrected chi connectivity index (χ2v) is 7.53. The number of methoxy groups -OCH3 is 2. The van der Waals surface area contributed by atoms with Crippen molar-refractivity contribution in [3.8, 4) is 11.5 Å². The molecule has 1 amide bonds. The van der Waals surface area contributed by atoms with E-state index in [0.29, 0.717) is 35.8 Å². The van der Waals surface area contributed by atoms with Gasteiger partial charge in [0.25, 0.3) is 10.0 Å². The fourth-order valence-electron chi connectivity index (χ4n) is 2.81. The first-order chi connectivity index (χ1) is 12.4. The van der Waals surface area contributed by atoms with Gasteiger partial charge in [0.1, 0.15) is 11.5 Å². The zero-order valence-corrected chi connectivity index (χ0v) is 15.4. The molecular weight excluding hydrogens is 356 g/mol. The van der Waals surface area contributed by atoms with E-state index in [1.165, 1.54) is 26.4 Å². The molecule has 0 bridgehead atoms. The zero-order chi connectivity index (χ0) is 18.7. The Bertz CT molecular complexity index is 887. The lowest BCUT2D eigenvalue weighted by molar-refractivity contribution is -0.117. The molecule has 1 saturated heterocycles. The summed E-state index contributed by atoms with van der Waals surface area (Å²) in [5.74, 6) is 1.01. The minimum atomic E-state index is -3.78. The second kappa shape index (κ2) is 7.25. The molecule has 1 aliphatic rings. The maximum Gasteiger partial charge on any atom is 0.261 e. The second-order valence-electron chi connectivity index (χ2n) is 5.85. The quantitative estimate of drug-likeness (QED) is 0.838. The van der Waals surface area contributed by atoms with E-state index < -0.39 is 10.0 Å². The summed E-state index contributed by atoms with van der Waals surface area (Å²) >= 11 is 0. The van der Waals surface area contributed by atoms with E-state index >= 15 is 0 Å². The SMILES string of the molecule is COc1cc(NS(=O)(=O)c2ccc(N3CCCC3=O)cc2)cc(OC)c1. The first kappa shape index (κ1) is 18.1. The van der Waals surface area contributed by atoms with Crippen molar-refractivity contribution in [2.24, 2.45) is 0 Å². The van der Waals surface area contributed by atoms with Crippen molar-refractivity contribution in [1.29, 1.82) is 0 Å². The highest BCUT2D eigenvalue weighted by Gasteiger charge is 2.22. The van der Waals surface area contributed by atoms with Gasteiger partial charge in [-0.05, 0) is 30.7 Å². The van der Waals surface area contributed by atoms with Crippen LogP contribution >= 0.6 is 0 Å². The van der Waals surface area contributed by atoms with Crippen molar-refractivity contribution in [2.75, 3.05) is 30.4 Å². The Morgan fingerprint density at radius 1 is 1.00 bits per heavy atom. The summed E-state index contributed by atoms with van der Waals surface area (Å²) in [5.41, 5.74) is 1.04. The number of hydrogen-bond donors (Lipinski definition) is 1. The van der Waals surface area contributed by atoms with E-state index in [0.717, 1.165) is 6.42 Å². The molecule has 7 nitrogen and oxygen atoms in total. The number of carbonyl (C=O) groups excluding carboxylic acids is 1. The number of anilines is 2. The number of sulfonamides is 1. The van der Waals surface area contributed by atoms with Crippen LogP contribution in [-0.4, -0.2) is 35.1 Å². The summed E-state index contributed by atoms with van der Waals surface area (Å²) in [6.07, 6.45) is 1.34. The minimum Gasteiger partial charge on any atom is -0.497 e. The largest absolute Gasteiger partial charge is 0.497 e. The van der Waals surface area contributed by atoms with Gasteiger partial charge in [0.2, 0.25) is 5.91 Å². The van der Waals surface area contributed by atoms with Crippen LogP contribution in [0.25, 0.3) is 0 Å². The van der Waals surface area contributed by atoms with Gasteiger partial charge < -0.3 is 14.4 Å². The number of rotatable bonds is 6. The number of nitrogens with zero attached hydrogens (tertiary/aromatic N) is 1. The number of benzene rings is 2. The van der Waals surface area contributed by atoms with Crippen molar-refractivity contribution in [3.05, 3.63) is 42.5 Å². The molecule has 26 heavy (non-hydrogen) atoms. The van der Waals surface area contributed by atoms with Crippen LogP contribution in [-0.2, 0) is 14.8 Å². The Morgan fingerprint density at radius 3 is 2.12 bits per heavy atom. The van der Waals surface area contributed by atoms with Gasteiger partial charge in [-0.3, -0.25) is 9.52 Å². The van der Waals surface area contributed by atoms with Gasteiger partial charge in [-0.25, -0.2) is 8.42 Å². The maximum absolute atomic E-state index is 12.6. The molecule has 0 unspecified atom stereocenters. The predicted molar refractivity (Wildman–Crippen MR) is 98.4 cm³/mol. The third-order valence-corrected chi connectivity index (χ3v) is 5.53. The van der Waals surface area contributed by atoms with E-state index in [1.807, 2.05) is 0 Å². The fraction of sp³-hybridized carbons (Fsp3) is 0.278. The highest BCUT2D eigenvalue weighted by Crippen LogP contribution is 2.28. The Balaban J connectivity index is 1.83. The van der Waals surface area contributed by atoms with Crippen LogP contribution in [0.5, 0.6) is 11.5 Å². The van der Waals surface area contributed by atoms with E-state index in [9.17, 15) is 13.2 Å². The highest BCUT2D eigenvalue weighted by atomic mass is 32.2. The molecule has 1 fully saturated rings. The zero-order valence-electron chi connectivity index (χ0n) is 14.6. The van der Waals surface area contributed by atoms with Gasteiger partial charge in [0, 0.05) is 36.9 Å². The Morgan fingerprint density at radius 2 is 1.62 bits per heavy atom. The maximum atomic E-state index is 12.6. The average Bonchev–Trinajstić information content (AvgIpc) is 3.07. The van der Waals surface area contributed by atoms with Gasteiger partial charge in [-0.1, -0.05) is 0 Å². The molecule has 0 aliphatic carbocycles. The van der Waals surface area contributed by atoms with Crippen molar-refractivity contribution in [3.63, 3.8) is 0 Å². The molecular formula is C18H20N2O5S. The van der Waals surface area contributed by atoms with Crippen LogP contribution in [0.2, 0.25) is 0 Å². The monoisotopic (exact) mass is 376 g/mol. The lowest BCUT2D eigenvalue weighted by Gasteiger charge is -2.16. The van der Waals surface area contributed by atoms with Crippen LogP contribution in [0.3, 0.4) is 0 Å². The molecule has 0 spiro atoms. The molecule has 1 aliphatic heterocycles. The number of nitrogens with one attached hydrogen (secondary N) is 1. The summed E-state index contributed by atoms with van der Waals surface area (Å²) in [7, 11) is -0.799. The number of amides is 1. The molecule has 0 atom stereocenters. The summed E-state index contributed by atoms with van der Waals surface area (Å²) in [4.78, 5) is 13.6. The molecule has 2 aromatic carbocycles. The van der Waals surface area contributed by atoms with Crippen molar-refractivity contribution < 1.29 is 22.7 Å². The van der Waals surface area contributed by atoms with Crippen molar-refractivity contribution in [2.45, 2.75) is 17.7 Å². The van der Waals surface area contributed by atoms with Crippen LogP contribution < -0.4 is 19.1 Å². The Kier molecular flexibility index (Phi) is 5.03. The highest BCUT2D eigenvalue weighted by molar-refractivity contribution is 7.92. The van der Waals surface area contributed by atoms with E-state index in [-0.39, 0.29) is 10.8 Å². The first-order valence-electron chi connectivity index (χ1n) is 8.09. The molecule has 8 heteroatoms. The molecule has 0 aromatic heterocycles. The summed E-state index contributed by atoms with van der Waals surface area (Å²) in [6, 6.07) is 11.0. The molecule has 3 rings (SSSR count). The van der Waals surface area contributed by atoms with Crippen molar-refractivity contribution >= 4 is 27.3 Å². The summed E-state index contributed by atoms with van der Waals surface area (Å²) in [6.45, 7) is 0.660. The number of ether oxygens (including phenoxy) is 2. The lowest BCUT2D eigenvalue weighted by atomic mass is 10.3. The average molecular weight is 376 g/mol. The third kappa shape index (κ3) is 3.75. The van der Waals surface area contributed by atoms with E-state index in [2.05, 4.69) is 4.72 Å². The molecule has 0 radical (unpaired) electrons. The van der Waals surface area contributed by atoms with Crippen LogP contribution in [0.15, 0.2) is 47.4 Å². The molecule has 1 N–H and O–H groups in total. The minimum absolute atomic E-state index is 0.0576. The smallest absolute Gasteiger partial charge is 0.261 e. The fourth-order valence-corrected chi connectivity index (χ4v) is 3.85. The normalized spacial score (nSPS) is 14.4. The number of carbonyl (C=O) groups is 1. The van der Waals surface area contributed by atoms with E-state index in [1.54, 1.807) is 35.2 Å². The lowest BCUT2D eigenvalue weighted by Crippen LogP contribution is -2.23. The standard InChI is InChI=1S/C18H20N2O5S/c1-24-15-10-13(11-16(12-15)25-2)19-26(22,23)17-7-5-14(6-8-17)20-9-3-4-18(20)21/h5-8,10-12,19H,3-4,9H2,1-2H3. The molecule has 1 heterocycles. The van der Waals surface area contributed by atoms with Crippen LogP contribution in [0, 0.1) is 0 Å². The van der Waals surface area contributed by atoms with Gasteiger partial charge in [-0.15, -0.1) is 0 Å². The van der Waals surface area contributed by atoms with Gasteiger partial charge >= 0.3 is 0 Å². The van der Waals surface area contributed by atoms with Gasteiger partial charge in [0.05, 0.1) is 24.8 Å². The van der Waals surface area contributed by atoms with Gasteiger partial charge in [-0.2, -0.15) is 0 Å². The Labute approximate surface area is 152 Å². The number of hydrogen-bond acceptors (Lipinski definition) is 5. The van der Waals surface area contributed by atoms with Crippen LogP contribution in [0.1, 0.15) is 12.8 Å². The third-order valence-electron chi connectivity index (χ3n) is 4.14.